The SMILES string of the molecule is Cc1c(C)n(Cc2ccccc2)c2ccc(C(=O)N3CCN(Cc4c(Cl)cccc4Cl)CC3)cc12. The van der Waals surface area contributed by atoms with E-state index in [0.29, 0.717) is 29.7 Å². The van der Waals surface area contributed by atoms with Crippen LogP contribution in [-0.2, 0) is 13.1 Å². The molecule has 3 aromatic carbocycles. The van der Waals surface area contributed by atoms with Crippen molar-refractivity contribution in [1.82, 2.24) is 14.4 Å². The Morgan fingerprint density at radius 2 is 1.51 bits per heavy atom. The van der Waals surface area contributed by atoms with Gasteiger partial charge in [0.2, 0.25) is 0 Å². The molecule has 0 bridgehead atoms. The van der Waals surface area contributed by atoms with Gasteiger partial charge in [0.25, 0.3) is 5.91 Å². The Bertz CT molecular complexity index is 1350. The molecule has 0 saturated carbocycles. The number of piperazine rings is 1. The molecule has 4 aromatic rings. The lowest BCUT2D eigenvalue weighted by molar-refractivity contribution is 0.0628. The monoisotopic (exact) mass is 505 g/mol. The third-order valence-electron chi connectivity index (χ3n) is 7.17. The van der Waals surface area contributed by atoms with E-state index in [2.05, 4.69) is 59.7 Å². The summed E-state index contributed by atoms with van der Waals surface area (Å²) in [7, 11) is 0. The molecule has 0 radical (unpaired) electrons. The van der Waals surface area contributed by atoms with E-state index in [9.17, 15) is 4.79 Å². The minimum absolute atomic E-state index is 0.0928. The number of carbonyl (C=O) groups is 1. The van der Waals surface area contributed by atoms with E-state index in [1.54, 1.807) is 0 Å². The number of aromatic nitrogens is 1. The fourth-order valence-electron chi connectivity index (χ4n) is 4.95. The molecule has 0 unspecified atom stereocenters. The number of carbonyl (C=O) groups excluding carboxylic acids is 1. The number of nitrogens with zero attached hydrogens (tertiary/aromatic N) is 3. The molecule has 6 heteroatoms. The zero-order chi connectivity index (χ0) is 24.5. The summed E-state index contributed by atoms with van der Waals surface area (Å²) in [4.78, 5) is 17.6. The van der Waals surface area contributed by atoms with E-state index in [1.807, 2.05) is 35.2 Å². The summed E-state index contributed by atoms with van der Waals surface area (Å²) in [6.45, 7) is 8.78. The summed E-state index contributed by atoms with van der Waals surface area (Å²) >= 11 is 12.7. The lowest BCUT2D eigenvalue weighted by atomic mass is 10.1. The molecule has 0 spiro atoms. The van der Waals surface area contributed by atoms with Gasteiger partial charge in [0.15, 0.2) is 0 Å². The van der Waals surface area contributed by atoms with Gasteiger partial charge in [-0.1, -0.05) is 59.6 Å². The number of halogens is 2. The summed E-state index contributed by atoms with van der Waals surface area (Å²) < 4.78 is 2.34. The second kappa shape index (κ2) is 10.1. The standard InChI is InChI=1S/C29H29Cl2N3O/c1-20-21(2)34(18-22-7-4-3-5-8-22)28-12-11-23(17-24(20)28)29(35)33-15-13-32(14-16-33)19-25-26(30)9-6-10-27(25)31/h3-12,17H,13-16,18-19H2,1-2H3. The zero-order valence-electron chi connectivity index (χ0n) is 20.1. The Hall–Kier alpha value is -2.79. The molecule has 0 N–H and O–H groups in total. The van der Waals surface area contributed by atoms with Crippen LogP contribution in [0.5, 0.6) is 0 Å². The fourth-order valence-corrected chi connectivity index (χ4v) is 5.47. The maximum atomic E-state index is 13.4. The molecule has 4 nitrogen and oxygen atoms in total. The van der Waals surface area contributed by atoms with Crippen LogP contribution in [0.3, 0.4) is 0 Å². The van der Waals surface area contributed by atoms with Gasteiger partial charge in [0, 0.05) is 77.0 Å². The van der Waals surface area contributed by atoms with Crippen molar-refractivity contribution < 1.29 is 4.79 Å². The molecule has 0 atom stereocenters. The fraction of sp³-hybridized carbons (Fsp3) is 0.276. The lowest BCUT2D eigenvalue weighted by Gasteiger charge is -2.35. The summed E-state index contributed by atoms with van der Waals surface area (Å²) in [5.41, 5.74) is 6.60. The van der Waals surface area contributed by atoms with Gasteiger partial charge in [-0.15, -0.1) is 0 Å². The number of hydrogen-bond donors (Lipinski definition) is 0. The van der Waals surface area contributed by atoms with E-state index in [4.69, 9.17) is 23.2 Å². The van der Waals surface area contributed by atoms with Crippen molar-refractivity contribution in [3.63, 3.8) is 0 Å². The van der Waals surface area contributed by atoms with Gasteiger partial charge >= 0.3 is 0 Å². The Kier molecular flexibility index (Phi) is 6.88. The van der Waals surface area contributed by atoms with Gasteiger partial charge in [-0.3, -0.25) is 9.69 Å². The van der Waals surface area contributed by atoms with E-state index < -0.39 is 0 Å². The van der Waals surface area contributed by atoms with Crippen molar-refractivity contribution in [3.8, 4) is 0 Å². The summed E-state index contributed by atoms with van der Waals surface area (Å²) in [6, 6.07) is 22.2. The predicted molar refractivity (Wildman–Crippen MR) is 145 cm³/mol. The Balaban J connectivity index is 1.30. The third kappa shape index (κ3) is 4.84. The molecule has 1 aliphatic rings. The molecule has 5 rings (SSSR count). The molecular weight excluding hydrogens is 477 g/mol. The number of hydrogen-bond acceptors (Lipinski definition) is 2. The number of aryl methyl sites for hydroxylation is 1. The van der Waals surface area contributed by atoms with Gasteiger partial charge in [-0.2, -0.15) is 0 Å². The Labute approximate surface area is 216 Å². The van der Waals surface area contributed by atoms with Crippen molar-refractivity contribution in [2.75, 3.05) is 26.2 Å². The smallest absolute Gasteiger partial charge is 0.253 e. The summed E-state index contributed by atoms with van der Waals surface area (Å²) in [5.74, 6) is 0.0928. The molecule has 1 aliphatic heterocycles. The van der Waals surface area contributed by atoms with Crippen LogP contribution in [0.15, 0.2) is 66.7 Å². The van der Waals surface area contributed by atoms with Crippen LogP contribution < -0.4 is 0 Å². The Morgan fingerprint density at radius 1 is 0.829 bits per heavy atom. The first-order chi connectivity index (χ1) is 16.9. The maximum absolute atomic E-state index is 13.4. The van der Waals surface area contributed by atoms with Gasteiger partial charge < -0.3 is 9.47 Å². The number of fused-ring (bicyclic) bond motifs is 1. The van der Waals surface area contributed by atoms with Crippen molar-refractivity contribution >= 4 is 40.0 Å². The predicted octanol–water partition coefficient (Wildman–Crippen LogP) is 6.57. The van der Waals surface area contributed by atoms with E-state index in [-0.39, 0.29) is 5.91 Å². The summed E-state index contributed by atoms with van der Waals surface area (Å²) in [5, 5.41) is 2.53. The first-order valence-electron chi connectivity index (χ1n) is 12.0. The maximum Gasteiger partial charge on any atom is 0.253 e. The minimum Gasteiger partial charge on any atom is -0.340 e. The zero-order valence-corrected chi connectivity index (χ0v) is 21.6. The van der Waals surface area contributed by atoms with E-state index in [1.165, 1.54) is 22.3 Å². The highest BCUT2D eigenvalue weighted by Crippen LogP contribution is 2.29. The highest BCUT2D eigenvalue weighted by Gasteiger charge is 2.24. The van der Waals surface area contributed by atoms with Crippen LogP contribution in [0.4, 0.5) is 0 Å². The van der Waals surface area contributed by atoms with Crippen LogP contribution >= 0.6 is 23.2 Å². The molecule has 1 saturated heterocycles. The van der Waals surface area contributed by atoms with Crippen LogP contribution in [-0.4, -0.2) is 46.5 Å². The molecular formula is C29H29Cl2N3O. The van der Waals surface area contributed by atoms with Gasteiger partial charge in [-0.25, -0.2) is 0 Å². The topological polar surface area (TPSA) is 28.5 Å². The number of rotatable bonds is 5. The molecule has 0 aliphatic carbocycles. The second-order valence-corrected chi connectivity index (χ2v) is 10.1. The molecule has 35 heavy (non-hydrogen) atoms. The van der Waals surface area contributed by atoms with Crippen molar-refractivity contribution in [2.45, 2.75) is 26.9 Å². The van der Waals surface area contributed by atoms with Crippen LogP contribution in [0.2, 0.25) is 10.0 Å². The van der Waals surface area contributed by atoms with Crippen molar-refractivity contribution in [1.29, 1.82) is 0 Å². The van der Waals surface area contributed by atoms with Crippen LogP contribution in [0.25, 0.3) is 10.9 Å². The molecule has 1 amide bonds. The normalized spacial score (nSPS) is 14.6. The highest BCUT2D eigenvalue weighted by molar-refractivity contribution is 6.35. The number of benzene rings is 3. The highest BCUT2D eigenvalue weighted by atomic mass is 35.5. The van der Waals surface area contributed by atoms with Crippen molar-refractivity contribution in [3.05, 3.63) is 105 Å². The van der Waals surface area contributed by atoms with Crippen molar-refractivity contribution in [2.24, 2.45) is 0 Å². The third-order valence-corrected chi connectivity index (χ3v) is 7.88. The molecule has 1 fully saturated rings. The van der Waals surface area contributed by atoms with Gasteiger partial charge in [0.1, 0.15) is 0 Å². The molecule has 1 aromatic heterocycles. The second-order valence-electron chi connectivity index (χ2n) is 9.28. The van der Waals surface area contributed by atoms with Crippen LogP contribution in [0, 0.1) is 13.8 Å². The van der Waals surface area contributed by atoms with Gasteiger partial charge in [0.05, 0.1) is 0 Å². The Morgan fingerprint density at radius 3 is 2.20 bits per heavy atom. The quantitative estimate of drug-likeness (QED) is 0.306. The average Bonchev–Trinajstić information content (AvgIpc) is 3.11. The van der Waals surface area contributed by atoms with Gasteiger partial charge in [-0.05, 0) is 55.3 Å². The minimum atomic E-state index is 0.0928. The van der Waals surface area contributed by atoms with Crippen LogP contribution in [0.1, 0.15) is 32.7 Å². The largest absolute Gasteiger partial charge is 0.340 e. The summed E-state index contributed by atoms with van der Waals surface area (Å²) in [6.07, 6.45) is 0. The van der Waals surface area contributed by atoms with E-state index in [0.717, 1.165) is 36.1 Å². The average molecular weight is 506 g/mol. The first-order valence-corrected chi connectivity index (χ1v) is 12.8. The van der Waals surface area contributed by atoms with E-state index >= 15 is 0 Å². The lowest BCUT2D eigenvalue weighted by Crippen LogP contribution is -2.48. The molecule has 180 valence electrons. The first kappa shape index (κ1) is 23.9. The number of amides is 1. The molecule has 2 heterocycles.